The molecule has 0 spiro atoms. The fourth-order valence-electron chi connectivity index (χ4n) is 5.27. The van der Waals surface area contributed by atoms with Crippen LogP contribution in [-0.4, -0.2) is 89.4 Å². The zero-order valence-corrected chi connectivity index (χ0v) is 25.1. The SMILES string of the molecule is COc1ccccc1N1CCN(c2ccc(NC(=O)c3ccc(Cl)cc3Cl)cc2C(=O)NCCN2CCOCC2)CC1. The molecule has 5 rings (SSSR count). The van der Waals surface area contributed by atoms with Crippen molar-refractivity contribution in [2.75, 3.05) is 87.8 Å². The normalized spacial score (nSPS) is 15.8. The molecule has 42 heavy (non-hydrogen) atoms. The Morgan fingerprint density at radius 2 is 1.55 bits per heavy atom. The summed E-state index contributed by atoms with van der Waals surface area (Å²) in [4.78, 5) is 33.3. The first-order valence-electron chi connectivity index (χ1n) is 14.0. The Morgan fingerprint density at radius 1 is 0.833 bits per heavy atom. The number of halogens is 2. The largest absolute Gasteiger partial charge is 0.495 e. The summed E-state index contributed by atoms with van der Waals surface area (Å²) in [6, 6.07) is 18.2. The summed E-state index contributed by atoms with van der Waals surface area (Å²) in [6.45, 7) is 7.36. The zero-order valence-electron chi connectivity index (χ0n) is 23.6. The van der Waals surface area contributed by atoms with Crippen LogP contribution >= 0.6 is 23.2 Å². The van der Waals surface area contributed by atoms with Gasteiger partial charge in [-0.25, -0.2) is 0 Å². The number of para-hydroxylation sites is 2. The minimum absolute atomic E-state index is 0.189. The van der Waals surface area contributed by atoms with Gasteiger partial charge in [0.05, 0.1) is 42.2 Å². The van der Waals surface area contributed by atoms with Crippen molar-refractivity contribution in [3.05, 3.63) is 81.8 Å². The van der Waals surface area contributed by atoms with Crippen molar-refractivity contribution in [1.29, 1.82) is 0 Å². The quantitative estimate of drug-likeness (QED) is 0.364. The van der Waals surface area contributed by atoms with Crippen molar-refractivity contribution in [2.45, 2.75) is 0 Å². The molecule has 222 valence electrons. The third-order valence-corrected chi connectivity index (χ3v) is 8.09. The fraction of sp³-hybridized carbons (Fsp3) is 0.355. The van der Waals surface area contributed by atoms with Crippen LogP contribution in [0.15, 0.2) is 60.7 Å². The maximum absolute atomic E-state index is 13.6. The van der Waals surface area contributed by atoms with Crippen LogP contribution in [-0.2, 0) is 4.74 Å². The maximum Gasteiger partial charge on any atom is 0.257 e. The second-order valence-electron chi connectivity index (χ2n) is 10.2. The Morgan fingerprint density at radius 3 is 2.26 bits per heavy atom. The molecule has 0 atom stereocenters. The van der Waals surface area contributed by atoms with E-state index in [9.17, 15) is 9.59 Å². The van der Waals surface area contributed by atoms with Gasteiger partial charge in [-0.15, -0.1) is 0 Å². The van der Waals surface area contributed by atoms with Crippen molar-refractivity contribution in [1.82, 2.24) is 10.2 Å². The molecule has 3 aromatic rings. The highest BCUT2D eigenvalue weighted by Gasteiger charge is 2.24. The van der Waals surface area contributed by atoms with E-state index in [1.807, 2.05) is 30.3 Å². The summed E-state index contributed by atoms with van der Waals surface area (Å²) in [5.41, 5.74) is 3.18. The van der Waals surface area contributed by atoms with Crippen LogP contribution in [0.2, 0.25) is 10.0 Å². The van der Waals surface area contributed by atoms with Gasteiger partial charge in [-0.2, -0.15) is 0 Å². The Bertz CT molecular complexity index is 1410. The standard InChI is InChI=1S/C31H35Cl2N5O4/c1-41-29-5-3-2-4-28(29)38-14-12-37(13-15-38)27-9-7-23(35-31(40)24-8-6-22(32)20-26(24)33)21-25(27)30(39)34-10-11-36-16-18-42-19-17-36/h2-9,20-21H,10-19H2,1H3,(H,34,39)(H,35,40). The van der Waals surface area contributed by atoms with Gasteiger partial charge in [-0.3, -0.25) is 14.5 Å². The molecule has 2 heterocycles. The van der Waals surface area contributed by atoms with Gasteiger partial charge in [0.15, 0.2) is 0 Å². The lowest BCUT2D eigenvalue weighted by Crippen LogP contribution is -2.47. The molecule has 0 bridgehead atoms. The first-order chi connectivity index (χ1) is 20.4. The van der Waals surface area contributed by atoms with Crippen molar-refractivity contribution < 1.29 is 19.1 Å². The number of methoxy groups -OCH3 is 1. The van der Waals surface area contributed by atoms with Gasteiger partial charge in [0, 0.05) is 68.8 Å². The number of piperazine rings is 1. The molecule has 3 aromatic carbocycles. The van der Waals surface area contributed by atoms with Crippen molar-refractivity contribution in [3.63, 3.8) is 0 Å². The minimum Gasteiger partial charge on any atom is -0.495 e. The van der Waals surface area contributed by atoms with E-state index in [-0.39, 0.29) is 16.8 Å². The van der Waals surface area contributed by atoms with Crippen LogP contribution < -0.4 is 25.2 Å². The Hall–Kier alpha value is -3.50. The first kappa shape index (κ1) is 30.0. The number of nitrogens with zero attached hydrogens (tertiary/aromatic N) is 3. The number of carbonyl (C=O) groups is 2. The number of rotatable bonds is 9. The van der Waals surface area contributed by atoms with Crippen LogP contribution in [0.5, 0.6) is 5.75 Å². The van der Waals surface area contributed by atoms with Crippen molar-refractivity contribution in [2.24, 2.45) is 0 Å². The number of ether oxygens (including phenoxy) is 2. The molecule has 2 N–H and O–H groups in total. The Kier molecular flexibility index (Phi) is 10.1. The maximum atomic E-state index is 13.6. The van der Waals surface area contributed by atoms with Crippen molar-refractivity contribution in [3.8, 4) is 5.75 Å². The number of benzene rings is 3. The number of carbonyl (C=O) groups excluding carboxylic acids is 2. The smallest absolute Gasteiger partial charge is 0.257 e. The third-order valence-electron chi connectivity index (χ3n) is 7.54. The fourth-order valence-corrected chi connectivity index (χ4v) is 5.76. The molecule has 0 aromatic heterocycles. The van der Waals surface area contributed by atoms with Gasteiger partial charge in [-0.1, -0.05) is 35.3 Å². The lowest BCUT2D eigenvalue weighted by molar-refractivity contribution is 0.0383. The number of morpholine rings is 1. The molecule has 11 heteroatoms. The van der Waals surface area contributed by atoms with Gasteiger partial charge in [0.2, 0.25) is 0 Å². The van der Waals surface area contributed by atoms with Gasteiger partial charge in [0.25, 0.3) is 11.8 Å². The molecule has 2 fully saturated rings. The van der Waals surface area contributed by atoms with Gasteiger partial charge in [0.1, 0.15) is 5.75 Å². The molecule has 0 radical (unpaired) electrons. The molecular formula is C31H35Cl2N5O4. The number of hydrogen-bond acceptors (Lipinski definition) is 7. The van der Waals surface area contributed by atoms with Crippen LogP contribution in [0, 0.1) is 0 Å². The zero-order chi connectivity index (χ0) is 29.5. The Labute approximate surface area is 256 Å². The number of nitrogens with one attached hydrogen (secondary N) is 2. The van der Waals surface area contributed by atoms with E-state index in [0.717, 1.165) is 62.9 Å². The second-order valence-corrected chi connectivity index (χ2v) is 11.0. The van der Waals surface area contributed by atoms with Gasteiger partial charge >= 0.3 is 0 Å². The lowest BCUT2D eigenvalue weighted by Gasteiger charge is -2.38. The third kappa shape index (κ3) is 7.28. The molecule has 0 saturated carbocycles. The highest BCUT2D eigenvalue weighted by atomic mass is 35.5. The summed E-state index contributed by atoms with van der Waals surface area (Å²) in [7, 11) is 1.68. The number of hydrogen-bond donors (Lipinski definition) is 2. The van der Waals surface area contributed by atoms with Gasteiger partial charge < -0.3 is 29.9 Å². The van der Waals surface area contributed by atoms with Crippen LogP contribution in [0.3, 0.4) is 0 Å². The summed E-state index contributed by atoms with van der Waals surface area (Å²) < 4.78 is 11.0. The van der Waals surface area contributed by atoms with E-state index in [1.165, 1.54) is 6.07 Å². The topological polar surface area (TPSA) is 86.4 Å². The molecule has 2 aliphatic rings. The van der Waals surface area contributed by atoms with Gasteiger partial charge in [-0.05, 0) is 48.5 Å². The average Bonchev–Trinajstić information content (AvgIpc) is 3.01. The summed E-state index contributed by atoms with van der Waals surface area (Å²) in [5, 5.41) is 6.67. The summed E-state index contributed by atoms with van der Waals surface area (Å²) >= 11 is 12.3. The van der Waals surface area contributed by atoms with E-state index < -0.39 is 0 Å². The first-order valence-corrected chi connectivity index (χ1v) is 14.8. The Balaban J connectivity index is 1.33. The molecule has 2 aliphatic heterocycles. The van der Waals surface area contributed by atoms with E-state index in [0.29, 0.717) is 41.6 Å². The highest BCUT2D eigenvalue weighted by Crippen LogP contribution is 2.31. The molecule has 2 amide bonds. The average molecular weight is 613 g/mol. The van der Waals surface area contributed by atoms with E-state index in [1.54, 1.807) is 25.3 Å². The van der Waals surface area contributed by atoms with Crippen molar-refractivity contribution >= 4 is 52.1 Å². The predicted molar refractivity (Wildman–Crippen MR) is 168 cm³/mol. The van der Waals surface area contributed by atoms with Crippen LogP contribution in [0.25, 0.3) is 0 Å². The predicted octanol–water partition coefficient (Wildman–Crippen LogP) is 4.64. The van der Waals surface area contributed by atoms with E-state index in [2.05, 4.69) is 31.4 Å². The summed E-state index contributed by atoms with van der Waals surface area (Å²) in [5.74, 6) is 0.270. The monoisotopic (exact) mass is 611 g/mol. The molecule has 2 saturated heterocycles. The lowest BCUT2D eigenvalue weighted by atomic mass is 10.1. The molecular weight excluding hydrogens is 577 g/mol. The summed E-state index contributed by atoms with van der Waals surface area (Å²) in [6.07, 6.45) is 0. The second kappa shape index (κ2) is 14.1. The van der Waals surface area contributed by atoms with Crippen LogP contribution in [0.4, 0.5) is 17.1 Å². The van der Waals surface area contributed by atoms with E-state index in [4.69, 9.17) is 32.7 Å². The minimum atomic E-state index is -0.381. The van der Waals surface area contributed by atoms with E-state index >= 15 is 0 Å². The number of amides is 2. The molecule has 0 aliphatic carbocycles. The highest BCUT2D eigenvalue weighted by molar-refractivity contribution is 6.37. The molecule has 9 nitrogen and oxygen atoms in total. The molecule has 0 unspecified atom stereocenters. The van der Waals surface area contributed by atoms with Crippen LogP contribution in [0.1, 0.15) is 20.7 Å². The number of anilines is 3.